The third kappa shape index (κ3) is 3.75. The first-order valence-electron chi connectivity index (χ1n) is 7.83. The van der Waals surface area contributed by atoms with Crippen molar-refractivity contribution < 1.29 is 9.53 Å². The lowest BCUT2D eigenvalue weighted by Crippen LogP contribution is -2.38. The van der Waals surface area contributed by atoms with E-state index in [1.54, 1.807) is 0 Å². The van der Waals surface area contributed by atoms with Crippen molar-refractivity contribution in [3.05, 3.63) is 29.3 Å². The van der Waals surface area contributed by atoms with Gasteiger partial charge in [-0.2, -0.15) is 0 Å². The van der Waals surface area contributed by atoms with Gasteiger partial charge in [-0.1, -0.05) is 45.2 Å². The number of hydrogen-bond acceptors (Lipinski definition) is 2. The van der Waals surface area contributed by atoms with Crippen LogP contribution in [0.5, 0.6) is 5.75 Å². The number of aryl methyl sites for hydroxylation is 1. The van der Waals surface area contributed by atoms with Crippen LogP contribution >= 0.6 is 0 Å². The van der Waals surface area contributed by atoms with Crippen molar-refractivity contribution in [1.29, 1.82) is 0 Å². The number of carbonyl (C=O) groups is 1. The minimum Gasteiger partial charge on any atom is -0.410 e. The zero-order chi connectivity index (χ0) is 14.4. The van der Waals surface area contributed by atoms with Crippen LogP contribution in [0.4, 0.5) is 4.79 Å². The number of hydrogen-bond donors (Lipinski definition) is 1. The van der Waals surface area contributed by atoms with Crippen LogP contribution in [-0.4, -0.2) is 12.1 Å². The number of amides is 1. The van der Waals surface area contributed by atoms with Crippen molar-refractivity contribution in [1.82, 2.24) is 5.32 Å². The van der Waals surface area contributed by atoms with E-state index < -0.39 is 0 Å². The molecule has 1 fully saturated rings. The summed E-state index contributed by atoms with van der Waals surface area (Å²) in [5, 5.41) is 2.99. The van der Waals surface area contributed by atoms with E-state index in [1.165, 1.54) is 24.8 Å². The van der Waals surface area contributed by atoms with Crippen LogP contribution in [0.3, 0.4) is 0 Å². The number of rotatable bonds is 4. The first-order chi connectivity index (χ1) is 9.74. The molecule has 1 amide bonds. The van der Waals surface area contributed by atoms with Crippen LogP contribution in [0.2, 0.25) is 0 Å². The maximum absolute atomic E-state index is 12.0. The van der Waals surface area contributed by atoms with E-state index in [9.17, 15) is 4.79 Å². The van der Waals surface area contributed by atoms with Crippen LogP contribution in [0.15, 0.2) is 18.2 Å². The Morgan fingerprint density at radius 1 is 1.20 bits per heavy atom. The number of benzene rings is 1. The number of nitrogens with one attached hydrogen (secondary N) is 1. The molecule has 1 aliphatic carbocycles. The Bertz CT molecular complexity index is 450. The number of ether oxygens (including phenoxy) is 1. The van der Waals surface area contributed by atoms with E-state index in [1.807, 2.05) is 12.1 Å². The van der Waals surface area contributed by atoms with E-state index in [0.29, 0.717) is 5.75 Å². The average Bonchev–Trinajstić information content (AvgIpc) is 2.47. The second-order valence-corrected chi connectivity index (χ2v) is 5.47. The van der Waals surface area contributed by atoms with Gasteiger partial charge in [-0.25, -0.2) is 4.79 Å². The largest absolute Gasteiger partial charge is 0.412 e. The van der Waals surface area contributed by atoms with Crippen molar-refractivity contribution in [2.45, 2.75) is 64.8 Å². The Morgan fingerprint density at radius 3 is 2.60 bits per heavy atom. The third-order valence-corrected chi connectivity index (χ3v) is 4.09. The molecule has 3 heteroatoms. The molecule has 0 atom stereocenters. The Hall–Kier alpha value is -1.51. The Labute approximate surface area is 121 Å². The predicted molar refractivity (Wildman–Crippen MR) is 81.2 cm³/mol. The van der Waals surface area contributed by atoms with E-state index in [2.05, 4.69) is 25.2 Å². The van der Waals surface area contributed by atoms with Gasteiger partial charge in [0.2, 0.25) is 0 Å². The second-order valence-electron chi connectivity index (χ2n) is 5.47. The van der Waals surface area contributed by atoms with Gasteiger partial charge >= 0.3 is 6.09 Å². The fourth-order valence-electron chi connectivity index (χ4n) is 2.98. The molecule has 0 unspecified atom stereocenters. The number of carbonyl (C=O) groups excluding carboxylic acids is 1. The molecule has 0 aromatic heterocycles. The lowest BCUT2D eigenvalue weighted by atomic mass is 9.96. The highest BCUT2D eigenvalue weighted by molar-refractivity contribution is 5.71. The molecule has 1 N–H and O–H groups in total. The molecule has 1 saturated carbocycles. The summed E-state index contributed by atoms with van der Waals surface area (Å²) in [7, 11) is 0. The molecular formula is C17H25NO2. The van der Waals surface area contributed by atoms with Gasteiger partial charge in [-0.15, -0.1) is 0 Å². The summed E-state index contributed by atoms with van der Waals surface area (Å²) in [6, 6.07) is 6.24. The summed E-state index contributed by atoms with van der Waals surface area (Å²) in [6.45, 7) is 4.22. The maximum Gasteiger partial charge on any atom is 0.412 e. The summed E-state index contributed by atoms with van der Waals surface area (Å²) in [6.07, 6.45) is 7.38. The molecule has 110 valence electrons. The summed E-state index contributed by atoms with van der Waals surface area (Å²) >= 11 is 0. The van der Waals surface area contributed by atoms with Crippen molar-refractivity contribution in [3.8, 4) is 5.75 Å². The summed E-state index contributed by atoms with van der Waals surface area (Å²) in [4.78, 5) is 12.0. The molecule has 0 aliphatic heterocycles. The van der Waals surface area contributed by atoms with Gasteiger partial charge < -0.3 is 10.1 Å². The van der Waals surface area contributed by atoms with E-state index in [-0.39, 0.29) is 12.1 Å². The molecule has 0 heterocycles. The molecule has 3 nitrogen and oxygen atoms in total. The Kier molecular flexibility index (Phi) is 5.45. The highest BCUT2D eigenvalue weighted by atomic mass is 16.6. The summed E-state index contributed by atoms with van der Waals surface area (Å²) in [5.74, 6) is 0.708. The first-order valence-corrected chi connectivity index (χ1v) is 7.83. The smallest absolute Gasteiger partial charge is 0.410 e. The van der Waals surface area contributed by atoms with Crippen LogP contribution in [0.25, 0.3) is 0 Å². The highest BCUT2D eigenvalue weighted by Crippen LogP contribution is 2.24. The second kappa shape index (κ2) is 7.32. The highest BCUT2D eigenvalue weighted by Gasteiger charge is 2.17. The van der Waals surface area contributed by atoms with Gasteiger partial charge in [0.25, 0.3) is 0 Å². The Morgan fingerprint density at radius 2 is 1.95 bits per heavy atom. The van der Waals surface area contributed by atoms with Crippen molar-refractivity contribution in [2.24, 2.45) is 0 Å². The average molecular weight is 275 g/mol. The monoisotopic (exact) mass is 275 g/mol. The summed E-state index contributed by atoms with van der Waals surface area (Å²) < 4.78 is 5.53. The fraction of sp³-hybridized carbons (Fsp3) is 0.588. The molecule has 1 aliphatic rings. The van der Waals surface area contributed by atoms with Crippen molar-refractivity contribution in [2.75, 3.05) is 0 Å². The fourth-order valence-corrected chi connectivity index (χ4v) is 2.98. The molecule has 0 radical (unpaired) electrons. The molecule has 2 rings (SSSR count). The Balaban J connectivity index is 1.99. The van der Waals surface area contributed by atoms with Gasteiger partial charge in [0.1, 0.15) is 5.75 Å². The lowest BCUT2D eigenvalue weighted by molar-refractivity contribution is 0.191. The van der Waals surface area contributed by atoms with Gasteiger partial charge in [0, 0.05) is 6.04 Å². The maximum atomic E-state index is 12.0. The zero-order valence-corrected chi connectivity index (χ0v) is 12.6. The molecule has 1 aromatic rings. The zero-order valence-electron chi connectivity index (χ0n) is 12.6. The van der Waals surface area contributed by atoms with Gasteiger partial charge in [-0.3, -0.25) is 0 Å². The van der Waals surface area contributed by atoms with Crippen LogP contribution in [-0.2, 0) is 12.8 Å². The van der Waals surface area contributed by atoms with Gasteiger partial charge in [0.15, 0.2) is 0 Å². The topological polar surface area (TPSA) is 38.3 Å². The first kappa shape index (κ1) is 14.9. The standard InChI is InChI=1S/C17H25NO2/c1-3-13-9-8-12-16(15(13)4-2)20-17(19)18-14-10-6-5-7-11-14/h8-9,12,14H,3-7,10-11H2,1-2H3,(H,18,19). The molecule has 1 aromatic carbocycles. The van der Waals surface area contributed by atoms with Gasteiger partial charge in [-0.05, 0) is 42.9 Å². The minimum atomic E-state index is -0.306. The third-order valence-electron chi connectivity index (χ3n) is 4.09. The molecule has 20 heavy (non-hydrogen) atoms. The molecule has 0 bridgehead atoms. The predicted octanol–water partition coefficient (Wildman–Crippen LogP) is 4.23. The molecular weight excluding hydrogens is 250 g/mol. The SMILES string of the molecule is CCc1cccc(OC(=O)NC2CCCCC2)c1CC. The van der Waals surface area contributed by atoms with Crippen LogP contribution in [0, 0.1) is 0 Å². The normalized spacial score (nSPS) is 15.9. The van der Waals surface area contributed by atoms with E-state index in [4.69, 9.17) is 4.74 Å². The van der Waals surface area contributed by atoms with Crippen molar-refractivity contribution >= 4 is 6.09 Å². The van der Waals surface area contributed by atoms with Crippen LogP contribution in [0.1, 0.15) is 57.1 Å². The lowest BCUT2D eigenvalue weighted by Gasteiger charge is -2.22. The molecule has 0 saturated heterocycles. The van der Waals surface area contributed by atoms with E-state index >= 15 is 0 Å². The van der Waals surface area contributed by atoms with Crippen LogP contribution < -0.4 is 10.1 Å². The minimum absolute atomic E-state index is 0.288. The molecule has 0 spiro atoms. The quantitative estimate of drug-likeness (QED) is 0.893. The van der Waals surface area contributed by atoms with Crippen molar-refractivity contribution in [3.63, 3.8) is 0 Å². The van der Waals surface area contributed by atoms with Gasteiger partial charge in [0.05, 0.1) is 0 Å². The van der Waals surface area contributed by atoms with E-state index in [0.717, 1.165) is 31.2 Å². The summed E-state index contributed by atoms with van der Waals surface area (Å²) in [5.41, 5.74) is 2.41.